The zero-order valence-corrected chi connectivity index (χ0v) is 13.0. The van der Waals surface area contributed by atoms with Gasteiger partial charge in [-0.05, 0) is 38.0 Å². The van der Waals surface area contributed by atoms with Crippen molar-refractivity contribution >= 4 is 23.5 Å². The molecule has 0 unspecified atom stereocenters. The molecule has 0 radical (unpaired) electrons. The Hall–Kier alpha value is -1.55. The molecule has 0 aliphatic rings. The molecule has 0 heterocycles. The molecule has 0 bridgehead atoms. The first kappa shape index (κ1) is 17.5. The molecule has 0 N–H and O–H groups in total. The summed E-state index contributed by atoms with van der Waals surface area (Å²) in [5, 5.41) is 0. The van der Waals surface area contributed by atoms with E-state index in [1.165, 1.54) is 6.07 Å². The Labute approximate surface area is 130 Å². The first-order chi connectivity index (χ1) is 10.2. The monoisotopic (exact) mass is 312 g/mol. The molecule has 21 heavy (non-hydrogen) atoms. The fourth-order valence-corrected chi connectivity index (χ4v) is 1.97. The maximum Gasteiger partial charge on any atom is 0.338 e. The van der Waals surface area contributed by atoms with Crippen LogP contribution in [0.25, 0.3) is 0 Å². The van der Waals surface area contributed by atoms with Crippen molar-refractivity contribution in [3.8, 4) is 0 Å². The van der Waals surface area contributed by atoms with E-state index >= 15 is 0 Å². The Balaban J connectivity index is 2.43. The number of rotatable bonds is 9. The Kier molecular flexibility index (Phi) is 8.51. The fraction of sp³-hybridized carbons (Fsp3) is 0.500. The van der Waals surface area contributed by atoms with Crippen LogP contribution < -0.4 is 0 Å². The van der Waals surface area contributed by atoms with Crippen LogP contribution in [0.3, 0.4) is 0 Å². The van der Waals surface area contributed by atoms with Crippen LogP contribution in [0.2, 0.25) is 0 Å². The van der Waals surface area contributed by atoms with Crippen LogP contribution in [0.1, 0.15) is 53.3 Å². The minimum Gasteiger partial charge on any atom is -0.462 e. The van der Waals surface area contributed by atoms with Gasteiger partial charge in [-0.25, -0.2) is 9.59 Å². The summed E-state index contributed by atoms with van der Waals surface area (Å²) < 4.78 is 10.1. The molecule has 116 valence electrons. The highest BCUT2D eigenvalue weighted by Gasteiger charge is 2.11. The summed E-state index contributed by atoms with van der Waals surface area (Å²) in [6, 6.07) is 6.37. The second-order valence-electron chi connectivity index (χ2n) is 4.54. The van der Waals surface area contributed by atoms with Gasteiger partial charge < -0.3 is 9.47 Å². The van der Waals surface area contributed by atoms with Gasteiger partial charge in [-0.1, -0.05) is 18.9 Å². The average Bonchev–Trinajstić information content (AvgIpc) is 2.51. The maximum atomic E-state index is 11.9. The molecule has 0 spiro atoms. The van der Waals surface area contributed by atoms with Gasteiger partial charge in [-0.3, -0.25) is 0 Å². The van der Waals surface area contributed by atoms with Crippen molar-refractivity contribution in [1.29, 1.82) is 0 Å². The molecular formula is C16H21ClO4. The zero-order valence-electron chi connectivity index (χ0n) is 12.3. The molecule has 1 aromatic rings. The lowest BCUT2D eigenvalue weighted by Gasteiger charge is -2.06. The number of hydrogen-bond donors (Lipinski definition) is 0. The number of carbonyl (C=O) groups excluding carboxylic acids is 2. The zero-order chi connectivity index (χ0) is 15.5. The molecule has 0 aromatic heterocycles. The van der Waals surface area contributed by atoms with Crippen LogP contribution in [0.15, 0.2) is 24.3 Å². The van der Waals surface area contributed by atoms with Crippen molar-refractivity contribution < 1.29 is 19.1 Å². The van der Waals surface area contributed by atoms with Crippen LogP contribution in [-0.4, -0.2) is 31.0 Å². The van der Waals surface area contributed by atoms with Crippen LogP contribution in [-0.2, 0) is 9.47 Å². The minimum absolute atomic E-state index is 0.301. The predicted octanol–water partition coefficient (Wildman–Crippen LogP) is 3.82. The van der Waals surface area contributed by atoms with E-state index in [2.05, 4.69) is 0 Å². The minimum atomic E-state index is -0.437. The highest BCUT2D eigenvalue weighted by molar-refractivity contribution is 6.17. The fourth-order valence-electron chi connectivity index (χ4n) is 1.79. The number of carbonyl (C=O) groups is 2. The van der Waals surface area contributed by atoms with Crippen molar-refractivity contribution in [3.63, 3.8) is 0 Å². The summed E-state index contributed by atoms with van der Waals surface area (Å²) >= 11 is 5.58. The molecule has 4 nitrogen and oxygen atoms in total. The number of unbranched alkanes of at least 4 members (excludes halogenated alkanes) is 3. The van der Waals surface area contributed by atoms with Gasteiger partial charge in [0.1, 0.15) is 0 Å². The Morgan fingerprint density at radius 3 is 2.24 bits per heavy atom. The first-order valence-electron chi connectivity index (χ1n) is 7.19. The lowest BCUT2D eigenvalue weighted by Crippen LogP contribution is -2.09. The highest BCUT2D eigenvalue weighted by Crippen LogP contribution is 2.09. The third-order valence-electron chi connectivity index (χ3n) is 2.87. The van der Waals surface area contributed by atoms with E-state index in [0.717, 1.165) is 25.7 Å². The van der Waals surface area contributed by atoms with Crippen molar-refractivity contribution in [2.45, 2.75) is 32.6 Å². The molecule has 0 atom stereocenters. The van der Waals surface area contributed by atoms with Gasteiger partial charge in [0.15, 0.2) is 0 Å². The highest BCUT2D eigenvalue weighted by atomic mass is 35.5. The standard InChI is InChI=1S/C16H21ClO4/c1-2-20-15(18)13-8-7-9-14(12-13)16(19)21-11-6-4-3-5-10-17/h7-9,12H,2-6,10-11H2,1H3. The van der Waals surface area contributed by atoms with E-state index < -0.39 is 11.9 Å². The van der Waals surface area contributed by atoms with Gasteiger partial charge in [-0.2, -0.15) is 0 Å². The normalized spacial score (nSPS) is 10.2. The van der Waals surface area contributed by atoms with Crippen LogP contribution in [0.4, 0.5) is 0 Å². The van der Waals surface area contributed by atoms with Gasteiger partial charge in [0.05, 0.1) is 24.3 Å². The second kappa shape index (κ2) is 10.2. The van der Waals surface area contributed by atoms with E-state index in [1.807, 2.05) is 0 Å². The lowest BCUT2D eigenvalue weighted by molar-refractivity contribution is 0.0497. The number of ether oxygens (including phenoxy) is 2. The molecule has 0 amide bonds. The van der Waals surface area contributed by atoms with Crippen LogP contribution in [0.5, 0.6) is 0 Å². The molecule has 0 aliphatic carbocycles. The summed E-state index contributed by atoms with van der Waals surface area (Å²) in [6.07, 6.45) is 3.83. The maximum absolute atomic E-state index is 11.9. The first-order valence-corrected chi connectivity index (χ1v) is 7.72. The van der Waals surface area contributed by atoms with Gasteiger partial charge >= 0.3 is 11.9 Å². The van der Waals surface area contributed by atoms with Crippen LogP contribution >= 0.6 is 11.6 Å². The third kappa shape index (κ3) is 6.63. The average molecular weight is 313 g/mol. The third-order valence-corrected chi connectivity index (χ3v) is 3.14. The Morgan fingerprint density at radius 1 is 1.00 bits per heavy atom. The summed E-state index contributed by atoms with van der Waals surface area (Å²) in [6.45, 7) is 2.42. The van der Waals surface area contributed by atoms with E-state index in [9.17, 15) is 9.59 Å². The molecule has 0 fully saturated rings. The topological polar surface area (TPSA) is 52.6 Å². The summed E-state index contributed by atoms with van der Waals surface area (Å²) in [5.74, 6) is -0.188. The molecule has 0 saturated carbocycles. The van der Waals surface area contributed by atoms with Crippen molar-refractivity contribution in [2.24, 2.45) is 0 Å². The van der Waals surface area contributed by atoms with Crippen LogP contribution in [0, 0.1) is 0 Å². The molecule has 0 aliphatic heterocycles. The van der Waals surface area contributed by atoms with Gasteiger partial charge in [0.2, 0.25) is 0 Å². The molecule has 0 saturated heterocycles. The van der Waals surface area contributed by atoms with E-state index in [4.69, 9.17) is 21.1 Å². The number of benzene rings is 1. The summed E-state index contributed by atoms with van der Waals surface area (Å²) in [5.41, 5.74) is 0.717. The number of esters is 2. The SMILES string of the molecule is CCOC(=O)c1cccc(C(=O)OCCCCCCCl)c1. The molecule has 1 aromatic carbocycles. The Bertz CT molecular complexity index is 459. The van der Waals surface area contributed by atoms with Crippen molar-refractivity contribution in [3.05, 3.63) is 35.4 Å². The number of alkyl halides is 1. The van der Waals surface area contributed by atoms with E-state index in [-0.39, 0.29) is 0 Å². The largest absolute Gasteiger partial charge is 0.462 e. The molecular weight excluding hydrogens is 292 g/mol. The van der Waals surface area contributed by atoms with Crippen molar-refractivity contribution in [2.75, 3.05) is 19.1 Å². The van der Waals surface area contributed by atoms with Crippen molar-refractivity contribution in [1.82, 2.24) is 0 Å². The van der Waals surface area contributed by atoms with Gasteiger partial charge in [-0.15, -0.1) is 11.6 Å². The number of hydrogen-bond acceptors (Lipinski definition) is 4. The smallest absolute Gasteiger partial charge is 0.338 e. The summed E-state index contributed by atoms with van der Waals surface area (Å²) in [7, 11) is 0. The lowest BCUT2D eigenvalue weighted by atomic mass is 10.1. The second-order valence-corrected chi connectivity index (χ2v) is 4.92. The number of halogens is 1. The predicted molar refractivity (Wildman–Crippen MR) is 81.9 cm³/mol. The van der Waals surface area contributed by atoms with Gasteiger partial charge in [0.25, 0.3) is 0 Å². The molecule has 5 heteroatoms. The van der Waals surface area contributed by atoms with Gasteiger partial charge in [0, 0.05) is 5.88 Å². The van der Waals surface area contributed by atoms with E-state index in [0.29, 0.717) is 30.2 Å². The summed E-state index contributed by atoms with van der Waals surface area (Å²) in [4.78, 5) is 23.5. The quantitative estimate of drug-likeness (QED) is 0.395. The molecule has 1 rings (SSSR count). The Morgan fingerprint density at radius 2 is 1.62 bits per heavy atom. The van der Waals surface area contributed by atoms with E-state index in [1.54, 1.807) is 25.1 Å².